The first-order chi connectivity index (χ1) is 11.8. The van der Waals surface area contributed by atoms with Gasteiger partial charge in [-0.3, -0.25) is 4.57 Å². The lowest BCUT2D eigenvalue weighted by atomic mass is 10.2. The quantitative estimate of drug-likeness (QED) is 0.751. The molecule has 4 rings (SSSR count). The van der Waals surface area contributed by atoms with Crippen LogP contribution in [0.25, 0.3) is 11.2 Å². The summed E-state index contributed by atoms with van der Waals surface area (Å²) in [4.78, 5) is 13.6. The van der Waals surface area contributed by atoms with E-state index in [2.05, 4.69) is 37.7 Å². The molecule has 3 aromatic rings. The molecule has 1 aromatic carbocycles. The molecule has 7 nitrogen and oxygen atoms in total. The van der Waals surface area contributed by atoms with E-state index < -0.39 is 0 Å². The minimum atomic E-state index is 0.0107. The molecule has 1 fully saturated rings. The fourth-order valence-corrected chi connectivity index (χ4v) is 2.92. The van der Waals surface area contributed by atoms with Crippen molar-refractivity contribution in [2.45, 2.75) is 25.6 Å². The zero-order valence-corrected chi connectivity index (χ0v) is 13.6. The van der Waals surface area contributed by atoms with Crippen molar-refractivity contribution in [2.75, 3.05) is 24.3 Å². The zero-order valence-electron chi connectivity index (χ0n) is 13.6. The lowest BCUT2D eigenvalue weighted by Crippen LogP contribution is -2.09. The van der Waals surface area contributed by atoms with Gasteiger partial charge in [-0.05, 0) is 18.4 Å². The van der Waals surface area contributed by atoms with Gasteiger partial charge in [0.1, 0.15) is 6.23 Å². The van der Waals surface area contributed by atoms with Crippen molar-refractivity contribution in [3.05, 3.63) is 42.2 Å². The molecule has 0 radical (unpaired) electrons. The van der Waals surface area contributed by atoms with Crippen LogP contribution in [0.2, 0.25) is 0 Å². The van der Waals surface area contributed by atoms with Crippen molar-refractivity contribution in [3.63, 3.8) is 0 Å². The molecule has 1 aliphatic heterocycles. The summed E-state index contributed by atoms with van der Waals surface area (Å²) in [6.07, 6.45) is 3.85. The van der Waals surface area contributed by atoms with Crippen LogP contribution in [0.15, 0.2) is 36.7 Å². The Morgan fingerprint density at radius 3 is 2.88 bits per heavy atom. The molecule has 1 aliphatic rings. The number of fused-ring (bicyclic) bond motifs is 1. The normalized spacial score (nSPS) is 17.3. The van der Waals surface area contributed by atoms with Crippen molar-refractivity contribution in [2.24, 2.45) is 0 Å². The summed E-state index contributed by atoms with van der Waals surface area (Å²) in [6.45, 7) is 1.47. The highest BCUT2D eigenvalue weighted by molar-refractivity contribution is 5.84. The molecule has 0 aliphatic carbocycles. The first kappa shape index (κ1) is 14.9. The lowest BCUT2D eigenvalue weighted by Gasteiger charge is -2.13. The summed E-state index contributed by atoms with van der Waals surface area (Å²) in [5.41, 5.74) is 2.74. The largest absolute Gasteiger partial charge is 0.364 e. The Balaban J connectivity index is 1.68. The smallest absolute Gasteiger partial charge is 0.226 e. The number of imidazole rings is 1. The summed E-state index contributed by atoms with van der Waals surface area (Å²) in [5, 5.41) is 6.40. The zero-order chi connectivity index (χ0) is 16.4. The number of ether oxygens (including phenoxy) is 1. The molecule has 1 unspecified atom stereocenters. The Bertz CT molecular complexity index is 826. The average Bonchev–Trinajstić information content (AvgIpc) is 3.29. The minimum Gasteiger partial charge on any atom is -0.364 e. The van der Waals surface area contributed by atoms with Gasteiger partial charge in [-0.1, -0.05) is 30.3 Å². The minimum absolute atomic E-state index is 0.0107. The van der Waals surface area contributed by atoms with Crippen LogP contribution in [0.1, 0.15) is 24.6 Å². The number of hydrogen-bond acceptors (Lipinski definition) is 6. The second-order valence-electron chi connectivity index (χ2n) is 5.78. The van der Waals surface area contributed by atoms with Gasteiger partial charge in [0.05, 0.1) is 6.33 Å². The van der Waals surface area contributed by atoms with Crippen LogP contribution < -0.4 is 10.6 Å². The van der Waals surface area contributed by atoms with E-state index in [0.717, 1.165) is 36.4 Å². The molecule has 1 saturated heterocycles. The number of anilines is 2. The van der Waals surface area contributed by atoms with E-state index in [4.69, 9.17) is 4.74 Å². The molecule has 2 aromatic heterocycles. The van der Waals surface area contributed by atoms with Crippen LogP contribution in [-0.2, 0) is 11.3 Å². The van der Waals surface area contributed by atoms with Gasteiger partial charge in [-0.2, -0.15) is 9.97 Å². The molecular weight excluding hydrogens is 304 g/mol. The topological polar surface area (TPSA) is 76.9 Å². The molecule has 0 saturated carbocycles. The predicted molar refractivity (Wildman–Crippen MR) is 92.9 cm³/mol. The Kier molecular flexibility index (Phi) is 4.00. The lowest BCUT2D eigenvalue weighted by molar-refractivity contribution is 0.0593. The van der Waals surface area contributed by atoms with E-state index >= 15 is 0 Å². The van der Waals surface area contributed by atoms with Crippen LogP contribution in [0.4, 0.5) is 11.8 Å². The summed E-state index contributed by atoms with van der Waals surface area (Å²) in [5.74, 6) is 1.29. The molecule has 7 heteroatoms. The van der Waals surface area contributed by atoms with Crippen LogP contribution in [0.3, 0.4) is 0 Å². The van der Waals surface area contributed by atoms with Gasteiger partial charge in [0.25, 0.3) is 0 Å². The number of hydrogen-bond donors (Lipinski definition) is 2. The number of benzene rings is 1. The van der Waals surface area contributed by atoms with Crippen LogP contribution in [-0.4, -0.2) is 33.2 Å². The fourth-order valence-electron chi connectivity index (χ4n) is 2.92. The van der Waals surface area contributed by atoms with Gasteiger partial charge in [-0.15, -0.1) is 0 Å². The van der Waals surface area contributed by atoms with Crippen molar-refractivity contribution >= 4 is 22.9 Å². The third-order valence-electron chi connectivity index (χ3n) is 4.16. The third kappa shape index (κ3) is 2.78. The van der Waals surface area contributed by atoms with Gasteiger partial charge in [0, 0.05) is 20.2 Å². The maximum Gasteiger partial charge on any atom is 0.226 e. The van der Waals surface area contributed by atoms with E-state index in [0.29, 0.717) is 12.5 Å². The molecule has 0 amide bonds. The Labute approximate surface area is 140 Å². The van der Waals surface area contributed by atoms with Gasteiger partial charge >= 0.3 is 0 Å². The van der Waals surface area contributed by atoms with Gasteiger partial charge in [0.2, 0.25) is 5.95 Å². The monoisotopic (exact) mass is 324 g/mol. The fraction of sp³-hybridized carbons (Fsp3) is 0.353. The second-order valence-corrected chi connectivity index (χ2v) is 5.78. The van der Waals surface area contributed by atoms with Crippen molar-refractivity contribution in [3.8, 4) is 0 Å². The van der Waals surface area contributed by atoms with Crippen LogP contribution in [0.5, 0.6) is 0 Å². The second kappa shape index (κ2) is 6.45. The van der Waals surface area contributed by atoms with Crippen molar-refractivity contribution < 1.29 is 4.74 Å². The summed E-state index contributed by atoms with van der Waals surface area (Å²) in [7, 11) is 1.81. The Morgan fingerprint density at radius 2 is 2.12 bits per heavy atom. The highest BCUT2D eigenvalue weighted by atomic mass is 16.5. The molecule has 24 heavy (non-hydrogen) atoms. The summed E-state index contributed by atoms with van der Waals surface area (Å²) in [6, 6.07) is 10.2. The maximum atomic E-state index is 5.77. The van der Waals surface area contributed by atoms with Crippen LogP contribution in [0, 0.1) is 0 Å². The summed E-state index contributed by atoms with van der Waals surface area (Å²) >= 11 is 0. The number of nitrogens with zero attached hydrogens (tertiary/aromatic N) is 4. The number of nitrogens with one attached hydrogen (secondary N) is 2. The molecule has 1 atom stereocenters. The molecule has 0 bridgehead atoms. The van der Waals surface area contributed by atoms with Crippen molar-refractivity contribution in [1.82, 2.24) is 19.5 Å². The molecular formula is C17H20N6O. The molecule has 2 N–H and O–H groups in total. The van der Waals surface area contributed by atoms with Crippen molar-refractivity contribution in [1.29, 1.82) is 0 Å². The maximum absolute atomic E-state index is 5.77. The predicted octanol–water partition coefficient (Wildman–Crippen LogP) is 2.79. The van der Waals surface area contributed by atoms with E-state index in [1.165, 1.54) is 5.56 Å². The summed E-state index contributed by atoms with van der Waals surface area (Å²) < 4.78 is 7.77. The third-order valence-corrected chi connectivity index (χ3v) is 4.16. The standard InChI is InChI=1S/C17H20N6O/c1-18-17-21-15(19-10-12-6-3-2-4-7-12)14-16(22-17)23(11-20-14)13-8-5-9-24-13/h2-4,6-7,11,13H,5,8-10H2,1H3,(H2,18,19,21,22). The average molecular weight is 324 g/mol. The number of aromatic nitrogens is 4. The molecule has 0 spiro atoms. The van der Waals surface area contributed by atoms with E-state index in [1.807, 2.05) is 29.8 Å². The van der Waals surface area contributed by atoms with Crippen LogP contribution >= 0.6 is 0 Å². The molecule has 124 valence electrons. The van der Waals surface area contributed by atoms with E-state index in [9.17, 15) is 0 Å². The van der Waals surface area contributed by atoms with Gasteiger partial charge < -0.3 is 15.4 Å². The first-order valence-corrected chi connectivity index (χ1v) is 8.17. The first-order valence-electron chi connectivity index (χ1n) is 8.17. The Hall–Kier alpha value is -2.67. The van der Waals surface area contributed by atoms with Gasteiger partial charge in [-0.25, -0.2) is 4.98 Å². The highest BCUT2D eigenvalue weighted by Crippen LogP contribution is 2.29. The SMILES string of the molecule is CNc1nc(NCc2ccccc2)c2ncn(C3CCCO3)c2n1. The highest BCUT2D eigenvalue weighted by Gasteiger charge is 2.22. The van der Waals surface area contributed by atoms with E-state index in [1.54, 1.807) is 6.33 Å². The Morgan fingerprint density at radius 1 is 1.25 bits per heavy atom. The molecule has 3 heterocycles. The number of rotatable bonds is 5. The van der Waals surface area contributed by atoms with Gasteiger partial charge in [0.15, 0.2) is 17.0 Å². The van der Waals surface area contributed by atoms with E-state index in [-0.39, 0.29) is 6.23 Å².